The molecule has 7 heteroatoms. The van der Waals surface area contributed by atoms with E-state index in [1.807, 2.05) is 58.0 Å². The van der Waals surface area contributed by atoms with Gasteiger partial charge in [0.15, 0.2) is 18.1 Å². The fourth-order valence-corrected chi connectivity index (χ4v) is 2.61. The Bertz CT molecular complexity index is 924. The van der Waals surface area contributed by atoms with Crippen LogP contribution in [-0.2, 0) is 9.59 Å². The van der Waals surface area contributed by atoms with Crippen molar-refractivity contribution in [3.05, 3.63) is 59.2 Å². The molecule has 0 unspecified atom stereocenters. The number of benzene rings is 2. The minimum Gasteiger partial charge on any atom is -0.490 e. The van der Waals surface area contributed by atoms with Gasteiger partial charge in [0, 0.05) is 6.08 Å². The van der Waals surface area contributed by atoms with Crippen LogP contribution in [0.25, 0.3) is 6.08 Å². The summed E-state index contributed by atoms with van der Waals surface area (Å²) < 4.78 is 16.8. The van der Waals surface area contributed by atoms with Gasteiger partial charge in [-0.1, -0.05) is 25.1 Å². The normalized spacial score (nSPS) is 10.6. The fourth-order valence-electron chi connectivity index (χ4n) is 2.61. The number of amides is 2. The molecule has 0 bridgehead atoms. The third kappa shape index (κ3) is 8.04. The first-order chi connectivity index (χ1) is 14.9. The van der Waals surface area contributed by atoms with Gasteiger partial charge < -0.3 is 14.2 Å². The zero-order valence-electron chi connectivity index (χ0n) is 18.5. The number of aryl methyl sites for hydroxylation is 2. The highest BCUT2D eigenvalue weighted by atomic mass is 16.5. The maximum absolute atomic E-state index is 12.0. The molecule has 2 rings (SSSR count). The van der Waals surface area contributed by atoms with Gasteiger partial charge in [-0.15, -0.1) is 0 Å². The Morgan fingerprint density at radius 1 is 0.903 bits per heavy atom. The Morgan fingerprint density at radius 3 is 2.45 bits per heavy atom. The monoisotopic (exact) mass is 426 g/mol. The zero-order chi connectivity index (χ0) is 22.6. The van der Waals surface area contributed by atoms with Gasteiger partial charge in [-0.05, 0) is 68.2 Å². The Morgan fingerprint density at radius 2 is 1.71 bits per heavy atom. The van der Waals surface area contributed by atoms with Crippen LogP contribution in [0.2, 0.25) is 0 Å². The molecule has 0 fully saturated rings. The quantitative estimate of drug-likeness (QED) is 0.447. The van der Waals surface area contributed by atoms with Gasteiger partial charge in [0.1, 0.15) is 5.75 Å². The molecule has 0 aromatic heterocycles. The maximum atomic E-state index is 12.0. The van der Waals surface area contributed by atoms with E-state index < -0.39 is 11.8 Å². The van der Waals surface area contributed by atoms with Gasteiger partial charge in [0.25, 0.3) is 11.8 Å². The van der Waals surface area contributed by atoms with Crippen molar-refractivity contribution in [2.45, 2.75) is 34.1 Å². The topological polar surface area (TPSA) is 85.9 Å². The second kappa shape index (κ2) is 12.3. The number of nitrogens with one attached hydrogen (secondary N) is 2. The molecule has 0 aliphatic rings. The predicted molar refractivity (Wildman–Crippen MR) is 120 cm³/mol. The van der Waals surface area contributed by atoms with Crippen LogP contribution in [0.4, 0.5) is 0 Å². The summed E-state index contributed by atoms with van der Waals surface area (Å²) >= 11 is 0. The Hall–Kier alpha value is -3.48. The zero-order valence-corrected chi connectivity index (χ0v) is 18.5. The lowest BCUT2D eigenvalue weighted by Crippen LogP contribution is -2.43. The van der Waals surface area contributed by atoms with E-state index in [-0.39, 0.29) is 6.61 Å². The van der Waals surface area contributed by atoms with Crippen LogP contribution in [-0.4, -0.2) is 31.6 Å². The largest absolute Gasteiger partial charge is 0.490 e. The van der Waals surface area contributed by atoms with E-state index in [1.54, 1.807) is 12.1 Å². The highest BCUT2D eigenvalue weighted by molar-refractivity contribution is 5.93. The van der Waals surface area contributed by atoms with E-state index in [0.717, 1.165) is 23.1 Å². The highest BCUT2D eigenvalue weighted by Crippen LogP contribution is 2.29. The minimum absolute atomic E-state index is 0.203. The van der Waals surface area contributed by atoms with Crippen molar-refractivity contribution in [3.63, 3.8) is 0 Å². The van der Waals surface area contributed by atoms with Gasteiger partial charge >= 0.3 is 0 Å². The fraction of sp³-hybridized carbons (Fsp3) is 0.333. The Labute approximate surface area is 183 Å². The second-order valence-corrected chi connectivity index (χ2v) is 6.92. The first-order valence-electron chi connectivity index (χ1n) is 10.3. The number of hydrazine groups is 1. The van der Waals surface area contributed by atoms with E-state index in [2.05, 4.69) is 10.9 Å². The number of carbonyl (C=O) groups is 2. The van der Waals surface area contributed by atoms with Gasteiger partial charge in [0.2, 0.25) is 0 Å². The Balaban J connectivity index is 1.85. The predicted octanol–water partition coefficient (Wildman–Crippen LogP) is 3.73. The van der Waals surface area contributed by atoms with Crippen LogP contribution in [0.15, 0.2) is 42.5 Å². The smallest absolute Gasteiger partial charge is 0.276 e. The number of hydrogen-bond acceptors (Lipinski definition) is 5. The van der Waals surface area contributed by atoms with E-state index in [4.69, 9.17) is 14.2 Å². The van der Waals surface area contributed by atoms with Gasteiger partial charge in [-0.25, -0.2) is 0 Å². The molecule has 2 aromatic rings. The van der Waals surface area contributed by atoms with E-state index >= 15 is 0 Å². The molecular weight excluding hydrogens is 396 g/mol. The molecule has 7 nitrogen and oxygen atoms in total. The molecule has 0 aliphatic carbocycles. The van der Waals surface area contributed by atoms with Crippen molar-refractivity contribution in [2.24, 2.45) is 0 Å². The molecule has 0 atom stereocenters. The van der Waals surface area contributed by atoms with E-state index in [1.165, 1.54) is 6.08 Å². The number of carbonyl (C=O) groups excluding carboxylic acids is 2. The molecule has 166 valence electrons. The summed E-state index contributed by atoms with van der Waals surface area (Å²) in [5.74, 6) is 0.998. The van der Waals surface area contributed by atoms with Gasteiger partial charge in [-0.2, -0.15) is 0 Å². The number of hydrogen-bond donors (Lipinski definition) is 2. The third-order valence-corrected chi connectivity index (χ3v) is 4.18. The van der Waals surface area contributed by atoms with Crippen molar-refractivity contribution >= 4 is 17.9 Å². The van der Waals surface area contributed by atoms with Crippen LogP contribution < -0.4 is 25.1 Å². The standard InChI is InChI=1S/C24H30N2O5/c1-5-13-30-20-11-9-19(15-22(20)29-6-2)10-12-23(27)25-26-24(28)16-31-21-14-17(3)7-8-18(21)4/h7-12,14-15H,5-6,13,16H2,1-4H3,(H,25,27)(H,26,28)/b12-10+. The summed E-state index contributed by atoms with van der Waals surface area (Å²) in [4.78, 5) is 23.9. The lowest BCUT2D eigenvalue weighted by molar-refractivity contribution is -0.128. The summed E-state index contributed by atoms with van der Waals surface area (Å²) in [6, 6.07) is 11.2. The van der Waals surface area contributed by atoms with Crippen LogP contribution in [0.1, 0.15) is 37.0 Å². The SMILES string of the molecule is CCCOc1ccc(/C=C/C(=O)NNC(=O)COc2cc(C)ccc2C)cc1OCC. The third-order valence-electron chi connectivity index (χ3n) is 4.18. The molecule has 2 amide bonds. The molecule has 2 aromatic carbocycles. The summed E-state index contributed by atoms with van der Waals surface area (Å²) in [6.45, 7) is 8.68. The molecule has 31 heavy (non-hydrogen) atoms. The highest BCUT2D eigenvalue weighted by Gasteiger charge is 2.07. The number of ether oxygens (including phenoxy) is 3. The van der Waals surface area contributed by atoms with Crippen molar-refractivity contribution in [1.82, 2.24) is 10.9 Å². The average molecular weight is 427 g/mol. The molecule has 0 aliphatic heterocycles. The summed E-state index contributed by atoms with van der Waals surface area (Å²) in [5.41, 5.74) is 7.40. The van der Waals surface area contributed by atoms with Crippen LogP contribution in [0.3, 0.4) is 0 Å². The second-order valence-electron chi connectivity index (χ2n) is 6.92. The summed E-state index contributed by atoms with van der Waals surface area (Å²) in [6.07, 6.45) is 3.85. The maximum Gasteiger partial charge on any atom is 0.276 e. The summed E-state index contributed by atoms with van der Waals surface area (Å²) in [5, 5.41) is 0. The average Bonchev–Trinajstić information content (AvgIpc) is 2.76. The molecule has 0 saturated carbocycles. The van der Waals surface area contributed by atoms with Crippen molar-refractivity contribution in [2.75, 3.05) is 19.8 Å². The lowest BCUT2D eigenvalue weighted by Gasteiger charge is -2.12. The van der Waals surface area contributed by atoms with Crippen LogP contribution >= 0.6 is 0 Å². The van der Waals surface area contributed by atoms with E-state index in [9.17, 15) is 9.59 Å². The van der Waals surface area contributed by atoms with Gasteiger partial charge in [-0.3, -0.25) is 20.4 Å². The first kappa shape index (κ1) is 23.8. The van der Waals surface area contributed by atoms with Crippen molar-refractivity contribution in [3.8, 4) is 17.2 Å². The van der Waals surface area contributed by atoms with Crippen molar-refractivity contribution < 1.29 is 23.8 Å². The minimum atomic E-state index is -0.468. The first-order valence-corrected chi connectivity index (χ1v) is 10.3. The molecule has 0 heterocycles. The van der Waals surface area contributed by atoms with E-state index in [0.29, 0.717) is 30.5 Å². The van der Waals surface area contributed by atoms with Crippen LogP contribution in [0, 0.1) is 13.8 Å². The van der Waals surface area contributed by atoms with Crippen molar-refractivity contribution in [1.29, 1.82) is 0 Å². The molecule has 0 saturated heterocycles. The lowest BCUT2D eigenvalue weighted by atomic mass is 10.1. The molecule has 0 spiro atoms. The molecule has 0 radical (unpaired) electrons. The summed E-state index contributed by atoms with van der Waals surface area (Å²) in [7, 11) is 0. The molecular formula is C24H30N2O5. The molecule has 2 N–H and O–H groups in total. The van der Waals surface area contributed by atoms with Gasteiger partial charge in [0.05, 0.1) is 13.2 Å². The van der Waals surface area contributed by atoms with Crippen LogP contribution in [0.5, 0.6) is 17.2 Å². The Kier molecular flexibility index (Phi) is 9.42. The number of rotatable bonds is 10.